The lowest BCUT2D eigenvalue weighted by atomic mass is 9.83. The van der Waals surface area contributed by atoms with E-state index in [1.807, 2.05) is 6.92 Å². The van der Waals surface area contributed by atoms with E-state index >= 15 is 0 Å². The molecule has 2 rings (SSSR count). The Kier molecular flexibility index (Phi) is 3.22. The Balaban J connectivity index is 2.41. The third-order valence-electron chi connectivity index (χ3n) is 3.92. The van der Waals surface area contributed by atoms with E-state index in [0.29, 0.717) is 18.0 Å². The number of aromatic nitrogens is 1. The van der Waals surface area contributed by atoms with Crippen molar-refractivity contribution < 1.29 is 14.3 Å². The highest BCUT2D eigenvalue weighted by atomic mass is 16.4. The number of rotatable bonds is 4. The zero-order valence-electron chi connectivity index (χ0n) is 10.5. The second kappa shape index (κ2) is 4.51. The normalized spacial score (nSPS) is 18.5. The van der Waals surface area contributed by atoms with Gasteiger partial charge in [0.2, 0.25) is 11.7 Å². The molecule has 1 aromatic heterocycles. The highest BCUT2D eigenvalue weighted by Crippen LogP contribution is 2.43. The first-order valence-electron chi connectivity index (χ1n) is 6.36. The van der Waals surface area contributed by atoms with Crippen molar-refractivity contribution in [3.63, 3.8) is 0 Å². The van der Waals surface area contributed by atoms with Gasteiger partial charge in [0.05, 0.1) is 5.69 Å². The largest absolute Gasteiger partial charge is 0.475 e. The van der Waals surface area contributed by atoms with E-state index in [-0.39, 0.29) is 11.2 Å². The minimum atomic E-state index is -1.01. The van der Waals surface area contributed by atoms with Crippen LogP contribution in [-0.4, -0.2) is 16.1 Å². The van der Waals surface area contributed by atoms with Crippen LogP contribution in [-0.2, 0) is 11.8 Å². The van der Waals surface area contributed by atoms with Crippen LogP contribution in [0, 0.1) is 0 Å². The SMILES string of the molecule is CCc1nc(C2(CC)CCCC2)oc1C(=O)O. The number of aryl methyl sites for hydroxylation is 1. The highest BCUT2D eigenvalue weighted by molar-refractivity contribution is 5.85. The minimum absolute atomic E-state index is 0.0163. The standard InChI is InChI=1S/C13H19NO3/c1-3-9-10(11(15)16)17-12(14-9)13(4-2)7-5-6-8-13/h3-8H2,1-2H3,(H,15,16). The highest BCUT2D eigenvalue weighted by Gasteiger charge is 2.39. The number of nitrogens with zero attached hydrogens (tertiary/aromatic N) is 1. The molecule has 1 saturated carbocycles. The summed E-state index contributed by atoms with van der Waals surface area (Å²) in [5.74, 6) is -0.334. The van der Waals surface area contributed by atoms with Crippen LogP contribution in [0.15, 0.2) is 4.42 Å². The first kappa shape index (κ1) is 12.1. The van der Waals surface area contributed by atoms with Crippen LogP contribution in [0.25, 0.3) is 0 Å². The number of carboxylic acids is 1. The molecule has 0 saturated heterocycles. The number of oxazole rings is 1. The molecular formula is C13H19NO3. The molecule has 17 heavy (non-hydrogen) atoms. The zero-order valence-corrected chi connectivity index (χ0v) is 10.5. The molecule has 94 valence electrons. The molecule has 1 aliphatic rings. The molecule has 1 aliphatic carbocycles. The van der Waals surface area contributed by atoms with Gasteiger partial charge in [0.15, 0.2) is 0 Å². The number of carbonyl (C=O) groups is 1. The Bertz CT molecular complexity index is 416. The van der Waals surface area contributed by atoms with Crippen molar-refractivity contribution in [3.05, 3.63) is 17.3 Å². The van der Waals surface area contributed by atoms with Crippen LogP contribution in [0.4, 0.5) is 0 Å². The summed E-state index contributed by atoms with van der Waals surface area (Å²) in [5, 5.41) is 9.08. The molecule has 4 nitrogen and oxygen atoms in total. The van der Waals surface area contributed by atoms with Crippen molar-refractivity contribution in [3.8, 4) is 0 Å². The lowest BCUT2D eigenvalue weighted by Crippen LogP contribution is -2.21. The van der Waals surface area contributed by atoms with Gasteiger partial charge in [-0.25, -0.2) is 9.78 Å². The molecule has 1 aromatic rings. The Morgan fingerprint density at radius 2 is 2.06 bits per heavy atom. The number of carboxylic acid groups (broad SMARTS) is 1. The lowest BCUT2D eigenvalue weighted by Gasteiger charge is -2.22. The van der Waals surface area contributed by atoms with Crippen molar-refractivity contribution in [1.29, 1.82) is 0 Å². The van der Waals surface area contributed by atoms with E-state index in [1.54, 1.807) is 0 Å². The van der Waals surface area contributed by atoms with Crippen molar-refractivity contribution >= 4 is 5.97 Å². The molecule has 1 heterocycles. The van der Waals surface area contributed by atoms with E-state index in [2.05, 4.69) is 11.9 Å². The van der Waals surface area contributed by atoms with Gasteiger partial charge in [0.1, 0.15) is 0 Å². The molecule has 0 atom stereocenters. The lowest BCUT2D eigenvalue weighted by molar-refractivity contribution is 0.0655. The van der Waals surface area contributed by atoms with E-state index < -0.39 is 5.97 Å². The summed E-state index contributed by atoms with van der Waals surface area (Å²) in [6.45, 7) is 4.03. The maximum Gasteiger partial charge on any atom is 0.373 e. The Morgan fingerprint density at radius 1 is 1.41 bits per heavy atom. The van der Waals surface area contributed by atoms with Gasteiger partial charge in [0.25, 0.3) is 0 Å². The molecule has 4 heteroatoms. The summed E-state index contributed by atoms with van der Waals surface area (Å²) in [7, 11) is 0. The van der Waals surface area contributed by atoms with Gasteiger partial charge in [-0.2, -0.15) is 0 Å². The maximum atomic E-state index is 11.1. The van der Waals surface area contributed by atoms with Crippen LogP contribution in [0.1, 0.15) is 68.1 Å². The van der Waals surface area contributed by atoms with Crippen molar-refractivity contribution in [2.45, 2.75) is 57.8 Å². The van der Waals surface area contributed by atoms with Gasteiger partial charge in [0, 0.05) is 5.41 Å². The topological polar surface area (TPSA) is 63.3 Å². The number of hydrogen-bond acceptors (Lipinski definition) is 3. The van der Waals surface area contributed by atoms with Gasteiger partial charge >= 0.3 is 5.97 Å². The summed E-state index contributed by atoms with van der Waals surface area (Å²) in [6, 6.07) is 0. The van der Waals surface area contributed by atoms with E-state index in [0.717, 1.165) is 19.3 Å². The van der Waals surface area contributed by atoms with Crippen LogP contribution in [0.5, 0.6) is 0 Å². The van der Waals surface area contributed by atoms with E-state index in [9.17, 15) is 4.79 Å². The van der Waals surface area contributed by atoms with Crippen molar-refractivity contribution in [2.24, 2.45) is 0 Å². The third kappa shape index (κ3) is 1.96. The quantitative estimate of drug-likeness (QED) is 0.873. The summed E-state index contributed by atoms with van der Waals surface area (Å²) in [5.41, 5.74) is 0.560. The molecular weight excluding hydrogens is 218 g/mol. The molecule has 0 amide bonds. The van der Waals surface area contributed by atoms with E-state index in [4.69, 9.17) is 9.52 Å². The van der Waals surface area contributed by atoms with Gasteiger partial charge < -0.3 is 9.52 Å². The first-order chi connectivity index (χ1) is 8.13. The zero-order chi connectivity index (χ0) is 12.5. The van der Waals surface area contributed by atoms with Crippen LogP contribution >= 0.6 is 0 Å². The molecule has 0 unspecified atom stereocenters. The average molecular weight is 237 g/mol. The predicted octanol–water partition coefficient (Wildman–Crippen LogP) is 3.16. The fraction of sp³-hybridized carbons (Fsp3) is 0.692. The smallest absolute Gasteiger partial charge is 0.373 e. The Hall–Kier alpha value is -1.32. The minimum Gasteiger partial charge on any atom is -0.475 e. The number of hydrogen-bond donors (Lipinski definition) is 1. The molecule has 1 N–H and O–H groups in total. The maximum absolute atomic E-state index is 11.1. The summed E-state index contributed by atoms with van der Waals surface area (Å²) >= 11 is 0. The van der Waals surface area contributed by atoms with Crippen molar-refractivity contribution in [1.82, 2.24) is 4.98 Å². The summed E-state index contributed by atoms with van der Waals surface area (Å²) in [4.78, 5) is 15.5. The monoisotopic (exact) mass is 237 g/mol. The summed E-state index contributed by atoms with van der Waals surface area (Å²) < 4.78 is 5.53. The van der Waals surface area contributed by atoms with Crippen LogP contribution in [0.3, 0.4) is 0 Å². The van der Waals surface area contributed by atoms with E-state index in [1.165, 1.54) is 12.8 Å². The molecule has 0 spiro atoms. The fourth-order valence-corrected chi connectivity index (χ4v) is 2.76. The molecule has 0 aliphatic heterocycles. The van der Waals surface area contributed by atoms with Crippen LogP contribution in [0.2, 0.25) is 0 Å². The van der Waals surface area contributed by atoms with Gasteiger partial charge in [-0.15, -0.1) is 0 Å². The van der Waals surface area contributed by atoms with Gasteiger partial charge in [-0.05, 0) is 25.7 Å². The molecule has 0 bridgehead atoms. The average Bonchev–Trinajstić information content (AvgIpc) is 2.96. The molecule has 0 aromatic carbocycles. The fourth-order valence-electron chi connectivity index (χ4n) is 2.76. The molecule has 0 radical (unpaired) electrons. The number of aromatic carboxylic acids is 1. The second-order valence-electron chi connectivity index (χ2n) is 4.79. The Labute approximate surface area is 101 Å². The van der Waals surface area contributed by atoms with Gasteiger partial charge in [-0.1, -0.05) is 26.7 Å². The predicted molar refractivity (Wildman–Crippen MR) is 63.3 cm³/mol. The molecule has 1 fully saturated rings. The third-order valence-corrected chi connectivity index (χ3v) is 3.92. The second-order valence-corrected chi connectivity index (χ2v) is 4.79. The summed E-state index contributed by atoms with van der Waals surface area (Å²) in [6.07, 6.45) is 6.05. The first-order valence-corrected chi connectivity index (χ1v) is 6.36. The van der Waals surface area contributed by atoms with Crippen molar-refractivity contribution in [2.75, 3.05) is 0 Å². The van der Waals surface area contributed by atoms with Crippen LogP contribution < -0.4 is 0 Å². The van der Waals surface area contributed by atoms with Gasteiger partial charge in [-0.3, -0.25) is 0 Å². The Morgan fingerprint density at radius 3 is 2.47 bits per heavy atom.